The van der Waals surface area contributed by atoms with E-state index in [9.17, 15) is 43.2 Å². The highest BCUT2D eigenvalue weighted by Crippen LogP contribution is 2.45. The Hall–Kier alpha value is -1.94. The van der Waals surface area contributed by atoms with Gasteiger partial charge in [-0.05, 0) is 49.4 Å². The van der Waals surface area contributed by atoms with E-state index in [2.05, 4.69) is 55.4 Å². The van der Waals surface area contributed by atoms with Crippen LogP contribution in [0.15, 0.2) is 0 Å². The maximum atomic E-state index is 13.0. The molecule has 0 bridgehead atoms. The van der Waals surface area contributed by atoms with Crippen molar-refractivity contribution >= 4 is 39.5 Å². The number of ether oxygens (including phenoxy) is 4. The van der Waals surface area contributed by atoms with Gasteiger partial charge in [-0.25, -0.2) is 9.13 Å². The Bertz CT molecular complexity index is 1640. The highest BCUT2D eigenvalue weighted by atomic mass is 31.2. The Morgan fingerprint density at radius 2 is 0.512 bits per heavy atom. The highest BCUT2D eigenvalue weighted by molar-refractivity contribution is 7.47. The molecule has 0 spiro atoms. The zero-order chi connectivity index (χ0) is 61.1. The number of carbonyl (C=O) groups excluding carboxylic acids is 4. The van der Waals surface area contributed by atoms with Crippen molar-refractivity contribution in [2.45, 2.75) is 318 Å². The van der Waals surface area contributed by atoms with E-state index in [1.165, 1.54) is 96.3 Å². The minimum Gasteiger partial charge on any atom is -0.462 e. The molecule has 0 radical (unpaired) electrons. The van der Waals surface area contributed by atoms with Gasteiger partial charge >= 0.3 is 39.5 Å². The lowest BCUT2D eigenvalue weighted by Gasteiger charge is -2.21. The van der Waals surface area contributed by atoms with Crippen LogP contribution in [-0.2, 0) is 65.4 Å². The zero-order valence-electron chi connectivity index (χ0n) is 53.1. The summed E-state index contributed by atoms with van der Waals surface area (Å²) in [6, 6.07) is 0. The van der Waals surface area contributed by atoms with Crippen LogP contribution in [0.4, 0.5) is 0 Å². The van der Waals surface area contributed by atoms with E-state index in [1.807, 2.05) is 0 Å². The largest absolute Gasteiger partial charge is 0.472 e. The van der Waals surface area contributed by atoms with Crippen molar-refractivity contribution in [2.24, 2.45) is 23.7 Å². The first-order valence-electron chi connectivity index (χ1n) is 32.7. The summed E-state index contributed by atoms with van der Waals surface area (Å²) in [5, 5.41) is 10.5. The van der Waals surface area contributed by atoms with Crippen LogP contribution >= 0.6 is 15.6 Å². The van der Waals surface area contributed by atoms with Crippen molar-refractivity contribution in [3.63, 3.8) is 0 Å². The second kappa shape index (κ2) is 53.3. The third-order valence-corrected chi connectivity index (χ3v) is 16.2. The number of phosphoric acid groups is 2. The van der Waals surface area contributed by atoms with Crippen molar-refractivity contribution in [1.82, 2.24) is 0 Å². The van der Waals surface area contributed by atoms with E-state index in [1.54, 1.807) is 0 Å². The summed E-state index contributed by atoms with van der Waals surface area (Å²) in [7, 11) is -9.89. The van der Waals surface area contributed by atoms with Gasteiger partial charge in [-0.1, -0.05) is 248 Å². The fourth-order valence-electron chi connectivity index (χ4n) is 9.25. The number of hydrogen-bond acceptors (Lipinski definition) is 15. The third kappa shape index (κ3) is 57.2. The number of aliphatic hydroxyl groups is 1. The highest BCUT2D eigenvalue weighted by Gasteiger charge is 2.30. The minimum absolute atomic E-state index is 0.101. The predicted octanol–water partition coefficient (Wildman–Crippen LogP) is 17.0. The van der Waals surface area contributed by atoms with Crippen LogP contribution in [0.3, 0.4) is 0 Å². The van der Waals surface area contributed by atoms with E-state index in [-0.39, 0.29) is 25.7 Å². The van der Waals surface area contributed by atoms with Gasteiger partial charge in [0.15, 0.2) is 12.2 Å². The Balaban J connectivity index is 5.24. The number of phosphoric ester groups is 2. The Labute approximate surface area is 498 Å². The summed E-state index contributed by atoms with van der Waals surface area (Å²) >= 11 is 0. The normalized spacial score (nSPS) is 14.5. The first-order valence-corrected chi connectivity index (χ1v) is 35.7. The third-order valence-electron chi connectivity index (χ3n) is 14.3. The van der Waals surface area contributed by atoms with Crippen LogP contribution in [0, 0.1) is 23.7 Å². The molecule has 0 aliphatic carbocycles. The summed E-state index contributed by atoms with van der Waals surface area (Å²) in [4.78, 5) is 72.1. The van der Waals surface area contributed by atoms with E-state index in [0.29, 0.717) is 37.5 Å². The number of esters is 4. The molecule has 0 aromatic rings. The van der Waals surface area contributed by atoms with E-state index < -0.39 is 97.5 Å². The molecular formula is C63H122O17P2. The molecule has 5 atom stereocenters. The molecule has 0 amide bonds. The monoisotopic (exact) mass is 1210 g/mol. The standard InChI is InChI=1S/C63H122O17P2/c1-53(2)39-31-23-15-10-9-11-18-27-35-43-60(65)73-49-58(79-62(67)45-37-29-19-13-12-16-24-32-40-54(3)4)51-77-81(69,70)75-47-57(64)48-76-82(71,72)78-52-59(80-63(68)46-38-30-22-21-26-34-42-56(7)8)50-74-61(66)44-36-28-20-14-17-25-33-41-55(5)6/h53-59,64H,9-52H2,1-8H3,(H,69,70)(H,71,72)/t57?,58-,59-/m1/s1. The lowest BCUT2D eigenvalue weighted by atomic mass is 10.0. The molecule has 0 aliphatic heterocycles. The molecule has 19 heteroatoms. The minimum atomic E-state index is -4.94. The molecule has 486 valence electrons. The Morgan fingerprint density at radius 3 is 0.756 bits per heavy atom. The molecule has 0 aliphatic rings. The molecule has 3 N–H and O–H groups in total. The lowest BCUT2D eigenvalue weighted by Crippen LogP contribution is -2.30. The lowest BCUT2D eigenvalue weighted by molar-refractivity contribution is -0.161. The number of aliphatic hydroxyl groups excluding tert-OH is 1. The number of hydrogen-bond donors (Lipinski definition) is 3. The van der Waals surface area contributed by atoms with Crippen LogP contribution in [0.1, 0.15) is 299 Å². The Kier molecular flexibility index (Phi) is 52.0. The molecule has 0 saturated carbocycles. The summed E-state index contributed by atoms with van der Waals surface area (Å²) in [5.74, 6) is 0.691. The van der Waals surface area contributed by atoms with Crippen LogP contribution < -0.4 is 0 Å². The molecule has 0 fully saturated rings. The summed E-state index contributed by atoms with van der Waals surface area (Å²) in [6.07, 6.45) is 32.4. The average molecular weight is 1210 g/mol. The fraction of sp³-hybridized carbons (Fsp3) is 0.937. The first kappa shape index (κ1) is 80.1. The predicted molar refractivity (Wildman–Crippen MR) is 326 cm³/mol. The van der Waals surface area contributed by atoms with Gasteiger partial charge in [0.1, 0.15) is 19.3 Å². The average Bonchev–Trinajstić information content (AvgIpc) is 3.44. The van der Waals surface area contributed by atoms with Gasteiger partial charge in [0.05, 0.1) is 26.4 Å². The molecule has 0 rings (SSSR count). The van der Waals surface area contributed by atoms with Gasteiger partial charge in [0, 0.05) is 25.7 Å². The Morgan fingerprint density at radius 1 is 0.305 bits per heavy atom. The van der Waals surface area contributed by atoms with Crippen LogP contribution in [0.2, 0.25) is 0 Å². The quantitative estimate of drug-likeness (QED) is 0.0222. The van der Waals surface area contributed by atoms with Crippen molar-refractivity contribution in [3.8, 4) is 0 Å². The SMILES string of the molecule is CC(C)CCCCCCCCCCCC(=O)OC[C@H](COP(=O)(O)OCC(O)COP(=O)(O)OC[C@@H](COC(=O)CCCCCCCCCC(C)C)OC(=O)CCCCCCCCC(C)C)OC(=O)CCCCCCCCCCC(C)C. The topological polar surface area (TPSA) is 237 Å². The molecule has 0 aromatic carbocycles. The second-order valence-electron chi connectivity index (χ2n) is 24.7. The first-order chi connectivity index (χ1) is 39.1. The van der Waals surface area contributed by atoms with Gasteiger partial charge in [-0.3, -0.25) is 37.3 Å². The van der Waals surface area contributed by atoms with Crippen LogP contribution in [-0.4, -0.2) is 96.7 Å². The van der Waals surface area contributed by atoms with E-state index >= 15 is 0 Å². The van der Waals surface area contributed by atoms with Gasteiger partial charge in [-0.15, -0.1) is 0 Å². The van der Waals surface area contributed by atoms with Crippen molar-refractivity contribution in [3.05, 3.63) is 0 Å². The number of unbranched alkanes of at least 4 members (excludes halogenated alkanes) is 26. The van der Waals surface area contributed by atoms with Crippen molar-refractivity contribution in [2.75, 3.05) is 39.6 Å². The molecule has 0 saturated heterocycles. The zero-order valence-corrected chi connectivity index (χ0v) is 54.9. The van der Waals surface area contributed by atoms with Crippen molar-refractivity contribution < 1.29 is 80.2 Å². The maximum Gasteiger partial charge on any atom is 0.472 e. The summed E-state index contributed by atoms with van der Waals surface area (Å²) in [5.41, 5.74) is 0. The second-order valence-corrected chi connectivity index (χ2v) is 27.6. The van der Waals surface area contributed by atoms with Gasteiger partial charge < -0.3 is 33.8 Å². The molecule has 0 aromatic heterocycles. The van der Waals surface area contributed by atoms with Crippen LogP contribution in [0.5, 0.6) is 0 Å². The van der Waals surface area contributed by atoms with Crippen LogP contribution in [0.25, 0.3) is 0 Å². The van der Waals surface area contributed by atoms with Crippen molar-refractivity contribution in [1.29, 1.82) is 0 Å². The molecule has 3 unspecified atom stereocenters. The fourth-order valence-corrected chi connectivity index (χ4v) is 10.8. The summed E-state index contributed by atoms with van der Waals surface area (Å²) in [6.45, 7) is 13.9. The number of carbonyl (C=O) groups is 4. The van der Waals surface area contributed by atoms with E-state index in [4.69, 9.17) is 37.0 Å². The molecule has 0 heterocycles. The smallest absolute Gasteiger partial charge is 0.462 e. The number of rotatable bonds is 60. The maximum absolute atomic E-state index is 13.0. The summed E-state index contributed by atoms with van der Waals surface area (Å²) < 4.78 is 67.9. The molecule has 82 heavy (non-hydrogen) atoms. The van der Waals surface area contributed by atoms with Gasteiger partial charge in [-0.2, -0.15) is 0 Å². The van der Waals surface area contributed by atoms with Gasteiger partial charge in [0.2, 0.25) is 0 Å². The van der Waals surface area contributed by atoms with Gasteiger partial charge in [0.25, 0.3) is 0 Å². The molecule has 17 nitrogen and oxygen atoms in total. The molecular weight excluding hydrogens is 1090 g/mol. The van der Waals surface area contributed by atoms with E-state index in [0.717, 1.165) is 108 Å².